The van der Waals surface area contributed by atoms with Gasteiger partial charge in [-0.2, -0.15) is 0 Å². The lowest BCUT2D eigenvalue weighted by atomic mass is 10.0. The zero-order valence-corrected chi connectivity index (χ0v) is 11.0. The van der Waals surface area contributed by atoms with Crippen molar-refractivity contribution in [1.82, 2.24) is 9.80 Å². The maximum atomic E-state index is 11.7. The highest BCUT2D eigenvalue weighted by Gasteiger charge is 2.27. The van der Waals surface area contributed by atoms with Crippen LogP contribution < -0.4 is 0 Å². The molecule has 2 heterocycles. The molecule has 5 heteroatoms. The summed E-state index contributed by atoms with van der Waals surface area (Å²) in [4.78, 5) is 16.2. The summed E-state index contributed by atoms with van der Waals surface area (Å²) in [6.07, 6.45) is 2.66. The highest BCUT2D eigenvalue weighted by Crippen LogP contribution is 2.18. The molecule has 2 saturated heterocycles. The Bertz CT molecular complexity index is 249. The van der Waals surface area contributed by atoms with Gasteiger partial charge in [-0.25, -0.2) is 0 Å². The Labute approximate surface area is 108 Å². The van der Waals surface area contributed by atoms with E-state index < -0.39 is 0 Å². The van der Waals surface area contributed by atoms with E-state index in [4.69, 9.17) is 16.3 Å². The van der Waals surface area contributed by atoms with Gasteiger partial charge in [0.1, 0.15) is 0 Å². The minimum absolute atomic E-state index is 0.209. The van der Waals surface area contributed by atoms with Crippen molar-refractivity contribution in [2.24, 2.45) is 0 Å². The Hall–Kier alpha value is -0.320. The van der Waals surface area contributed by atoms with Gasteiger partial charge in [0.2, 0.25) is 5.91 Å². The van der Waals surface area contributed by atoms with E-state index in [1.807, 2.05) is 4.90 Å². The van der Waals surface area contributed by atoms with Crippen LogP contribution in [0.15, 0.2) is 0 Å². The molecule has 0 bridgehead atoms. The highest BCUT2D eigenvalue weighted by molar-refractivity contribution is 6.18. The van der Waals surface area contributed by atoms with E-state index in [1.54, 1.807) is 0 Å². The van der Waals surface area contributed by atoms with Gasteiger partial charge >= 0.3 is 0 Å². The number of hydrogen-bond acceptors (Lipinski definition) is 3. The molecule has 0 aromatic rings. The van der Waals surface area contributed by atoms with Crippen LogP contribution in [-0.4, -0.2) is 67.0 Å². The van der Waals surface area contributed by atoms with Gasteiger partial charge in [-0.05, 0) is 12.8 Å². The molecular formula is C12H21ClN2O2. The Morgan fingerprint density at radius 3 is 2.41 bits per heavy atom. The maximum Gasteiger partial charge on any atom is 0.223 e. The van der Waals surface area contributed by atoms with E-state index in [0.717, 1.165) is 52.2 Å². The first-order valence-electron chi connectivity index (χ1n) is 6.47. The van der Waals surface area contributed by atoms with Crippen LogP contribution in [0.1, 0.15) is 19.3 Å². The van der Waals surface area contributed by atoms with Crippen LogP contribution in [0.5, 0.6) is 0 Å². The van der Waals surface area contributed by atoms with E-state index in [1.165, 1.54) is 0 Å². The number of rotatable bonds is 3. The fourth-order valence-electron chi connectivity index (χ4n) is 2.66. The van der Waals surface area contributed by atoms with Gasteiger partial charge < -0.3 is 9.64 Å². The van der Waals surface area contributed by atoms with Crippen LogP contribution in [0, 0.1) is 0 Å². The summed E-state index contributed by atoms with van der Waals surface area (Å²) in [6, 6.07) is 0.638. The molecule has 17 heavy (non-hydrogen) atoms. The van der Waals surface area contributed by atoms with Crippen molar-refractivity contribution in [1.29, 1.82) is 0 Å². The Kier molecular flexibility index (Phi) is 5.07. The number of hydrogen-bond donors (Lipinski definition) is 0. The zero-order valence-electron chi connectivity index (χ0n) is 10.2. The second kappa shape index (κ2) is 6.57. The number of ether oxygens (including phenoxy) is 1. The standard InChI is InChI=1S/C12H21ClN2O2/c13-4-1-12(16)15-5-2-11(3-6-15)14-7-9-17-10-8-14/h11H,1-10H2. The molecule has 1 amide bonds. The van der Waals surface area contributed by atoms with E-state index in [0.29, 0.717) is 18.3 Å². The average molecular weight is 261 g/mol. The van der Waals surface area contributed by atoms with Gasteiger partial charge in [-0.15, -0.1) is 11.6 Å². The van der Waals surface area contributed by atoms with Crippen molar-refractivity contribution in [2.45, 2.75) is 25.3 Å². The Morgan fingerprint density at radius 1 is 1.18 bits per heavy atom. The van der Waals surface area contributed by atoms with Crippen molar-refractivity contribution < 1.29 is 9.53 Å². The first-order chi connectivity index (χ1) is 8.31. The van der Waals surface area contributed by atoms with Crippen molar-refractivity contribution >= 4 is 17.5 Å². The number of nitrogens with zero attached hydrogens (tertiary/aromatic N) is 2. The molecule has 2 aliphatic rings. The Morgan fingerprint density at radius 2 is 1.82 bits per heavy atom. The minimum atomic E-state index is 0.209. The lowest BCUT2D eigenvalue weighted by molar-refractivity contribution is -0.132. The van der Waals surface area contributed by atoms with Crippen molar-refractivity contribution in [3.63, 3.8) is 0 Å². The normalized spacial score (nSPS) is 23.9. The highest BCUT2D eigenvalue weighted by atomic mass is 35.5. The van der Waals surface area contributed by atoms with Gasteiger partial charge in [-0.3, -0.25) is 9.69 Å². The lowest BCUT2D eigenvalue weighted by Crippen LogP contribution is -2.50. The van der Waals surface area contributed by atoms with Crippen LogP contribution in [0.2, 0.25) is 0 Å². The number of carbonyl (C=O) groups excluding carboxylic acids is 1. The van der Waals surface area contributed by atoms with Gasteiger partial charge in [-0.1, -0.05) is 0 Å². The molecule has 98 valence electrons. The van der Waals surface area contributed by atoms with Gasteiger partial charge in [0.15, 0.2) is 0 Å². The van der Waals surface area contributed by atoms with E-state index >= 15 is 0 Å². The van der Waals surface area contributed by atoms with Crippen LogP contribution in [0.4, 0.5) is 0 Å². The molecule has 2 aliphatic heterocycles. The average Bonchev–Trinajstić information content (AvgIpc) is 2.40. The van der Waals surface area contributed by atoms with Crippen molar-refractivity contribution in [2.75, 3.05) is 45.3 Å². The fraction of sp³-hybridized carbons (Fsp3) is 0.917. The molecule has 0 unspecified atom stereocenters. The van der Waals surface area contributed by atoms with E-state index in [9.17, 15) is 4.79 Å². The van der Waals surface area contributed by atoms with E-state index in [2.05, 4.69) is 4.90 Å². The summed E-state index contributed by atoms with van der Waals surface area (Å²) in [5.41, 5.74) is 0. The number of carbonyl (C=O) groups is 1. The third-order valence-electron chi connectivity index (χ3n) is 3.69. The smallest absolute Gasteiger partial charge is 0.223 e. The van der Waals surface area contributed by atoms with Crippen LogP contribution in [-0.2, 0) is 9.53 Å². The quantitative estimate of drug-likeness (QED) is 0.708. The number of piperidine rings is 1. The van der Waals surface area contributed by atoms with E-state index in [-0.39, 0.29) is 5.91 Å². The number of morpholine rings is 1. The number of halogens is 1. The zero-order chi connectivity index (χ0) is 12.1. The summed E-state index contributed by atoms with van der Waals surface area (Å²) in [6.45, 7) is 5.56. The van der Waals surface area contributed by atoms with Crippen LogP contribution >= 0.6 is 11.6 Å². The summed E-state index contributed by atoms with van der Waals surface area (Å²) in [5.74, 6) is 0.641. The van der Waals surface area contributed by atoms with Gasteiger partial charge in [0, 0.05) is 44.5 Å². The molecule has 4 nitrogen and oxygen atoms in total. The fourth-order valence-corrected chi connectivity index (χ4v) is 2.82. The SMILES string of the molecule is O=C(CCCl)N1CCC(N2CCOCC2)CC1. The molecule has 2 fully saturated rings. The second-order valence-corrected chi connectivity index (χ2v) is 5.08. The molecule has 0 atom stereocenters. The predicted molar refractivity (Wildman–Crippen MR) is 67.3 cm³/mol. The molecule has 0 aromatic carbocycles. The summed E-state index contributed by atoms with van der Waals surface area (Å²) in [7, 11) is 0. The number of likely N-dealkylation sites (tertiary alicyclic amines) is 1. The third kappa shape index (κ3) is 3.57. The third-order valence-corrected chi connectivity index (χ3v) is 3.88. The first-order valence-corrected chi connectivity index (χ1v) is 7.00. The summed E-state index contributed by atoms with van der Waals surface area (Å²) in [5, 5.41) is 0. The lowest BCUT2D eigenvalue weighted by Gasteiger charge is -2.40. The largest absolute Gasteiger partial charge is 0.379 e. The Balaban J connectivity index is 1.75. The topological polar surface area (TPSA) is 32.8 Å². The summed E-state index contributed by atoms with van der Waals surface area (Å²) >= 11 is 5.60. The molecule has 0 aliphatic carbocycles. The molecular weight excluding hydrogens is 240 g/mol. The molecule has 2 rings (SSSR count). The van der Waals surface area contributed by atoms with Crippen molar-refractivity contribution in [3.8, 4) is 0 Å². The van der Waals surface area contributed by atoms with Gasteiger partial charge in [0.25, 0.3) is 0 Å². The number of alkyl halides is 1. The number of amides is 1. The predicted octanol–water partition coefficient (Wildman–Crippen LogP) is 0.939. The molecule has 0 N–H and O–H groups in total. The molecule has 0 spiro atoms. The minimum Gasteiger partial charge on any atom is -0.379 e. The molecule has 0 aromatic heterocycles. The maximum absolute atomic E-state index is 11.7. The molecule has 0 radical (unpaired) electrons. The monoisotopic (exact) mass is 260 g/mol. The first kappa shape index (κ1) is 13.1. The van der Waals surface area contributed by atoms with Crippen LogP contribution in [0.3, 0.4) is 0 Å². The van der Waals surface area contributed by atoms with Gasteiger partial charge in [0.05, 0.1) is 13.2 Å². The second-order valence-electron chi connectivity index (χ2n) is 4.70. The molecule has 0 saturated carbocycles. The summed E-state index contributed by atoms with van der Waals surface area (Å²) < 4.78 is 5.36. The van der Waals surface area contributed by atoms with Crippen LogP contribution in [0.25, 0.3) is 0 Å². The van der Waals surface area contributed by atoms with Crippen molar-refractivity contribution in [3.05, 3.63) is 0 Å².